The molecule has 1 aromatic heterocycles. The van der Waals surface area contributed by atoms with E-state index in [-0.39, 0.29) is 18.4 Å². The Kier molecular flexibility index (Phi) is 7.65. The number of carbonyl (C=O) groups excluding carboxylic acids is 1. The first-order valence-electron chi connectivity index (χ1n) is 10.2. The van der Waals surface area contributed by atoms with Gasteiger partial charge in [0.2, 0.25) is 0 Å². The smallest absolute Gasteiger partial charge is 0.327 e. The van der Waals surface area contributed by atoms with Crippen LogP contribution in [0.1, 0.15) is 50.0 Å². The van der Waals surface area contributed by atoms with Gasteiger partial charge >= 0.3 is 5.97 Å². The van der Waals surface area contributed by atoms with Gasteiger partial charge in [0.1, 0.15) is 12.4 Å². The minimum absolute atomic E-state index is 0.0752. The van der Waals surface area contributed by atoms with Crippen LogP contribution in [0.3, 0.4) is 0 Å². The van der Waals surface area contributed by atoms with E-state index in [1.165, 1.54) is 29.7 Å². The summed E-state index contributed by atoms with van der Waals surface area (Å²) in [7, 11) is 0. The van der Waals surface area contributed by atoms with Crippen LogP contribution in [-0.4, -0.2) is 45.9 Å². The SMILES string of the molecule is CCOC(=O)Cn1nnnc1C(NCC1CCCC(CN)C1)c1ccc(F)cc1. The molecule has 0 aliphatic heterocycles. The number of aromatic nitrogens is 4. The van der Waals surface area contributed by atoms with E-state index < -0.39 is 5.97 Å². The van der Waals surface area contributed by atoms with Crippen molar-refractivity contribution >= 4 is 5.97 Å². The summed E-state index contributed by atoms with van der Waals surface area (Å²) in [6, 6.07) is 5.88. The van der Waals surface area contributed by atoms with E-state index in [0.29, 0.717) is 24.3 Å². The van der Waals surface area contributed by atoms with Crippen LogP contribution in [0.4, 0.5) is 4.39 Å². The van der Waals surface area contributed by atoms with Gasteiger partial charge in [-0.05, 0) is 79.2 Å². The molecule has 158 valence electrons. The van der Waals surface area contributed by atoms with Crippen molar-refractivity contribution in [1.29, 1.82) is 0 Å². The van der Waals surface area contributed by atoms with Crippen LogP contribution in [0.5, 0.6) is 0 Å². The lowest BCUT2D eigenvalue weighted by atomic mass is 9.81. The van der Waals surface area contributed by atoms with Crippen LogP contribution in [0.2, 0.25) is 0 Å². The molecule has 1 aromatic carbocycles. The van der Waals surface area contributed by atoms with Gasteiger partial charge in [-0.2, -0.15) is 0 Å². The van der Waals surface area contributed by atoms with E-state index in [1.807, 2.05) is 0 Å². The van der Waals surface area contributed by atoms with Gasteiger partial charge in [0.15, 0.2) is 5.82 Å². The summed E-state index contributed by atoms with van der Waals surface area (Å²) in [5.74, 6) is 0.855. The summed E-state index contributed by atoms with van der Waals surface area (Å²) in [6.45, 7) is 3.45. The lowest BCUT2D eigenvalue weighted by molar-refractivity contribution is -0.144. The molecular formula is C20H29FN6O2. The summed E-state index contributed by atoms with van der Waals surface area (Å²) in [5, 5.41) is 15.4. The molecule has 2 aromatic rings. The number of hydrogen-bond donors (Lipinski definition) is 2. The monoisotopic (exact) mass is 404 g/mol. The second-order valence-electron chi connectivity index (χ2n) is 7.53. The number of nitrogens with zero attached hydrogens (tertiary/aromatic N) is 4. The van der Waals surface area contributed by atoms with E-state index in [4.69, 9.17) is 10.5 Å². The summed E-state index contributed by atoms with van der Waals surface area (Å²) in [4.78, 5) is 11.9. The van der Waals surface area contributed by atoms with Crippen LogP contribution in [-0.2, 0) is 16.1 Å². The third kappa shape index (κ3) is 5.80. The third-order valence-corrected chi connectivity index (χ3v) is 5.44. The van der Waals surface area contributed by atoms with E-state index in [1.54, 1.807) is 19.1 Å². The number of hydrogen-bond acceptors (Lipinski definition) is 7. The molecule has 0 bridgehead atoms. The maximum absolute atomic E-state index is 13.4. The normalized spacial score (nSPS) is 20.4. The second-order valence-corrected chi connectivity index (χ2v) is 7.53. The first-order valence-corrected chi connectivity index (χ1v) is 10.2. The maximum atomic E-state index is 13.4. The zero-order chi connectivity index (χ0) is 20.6. The molecule has 3 atom stereocenters. The van der Waals surface area contributed by atoms with Gasteiger partial charge in [-0.1, -0.05) is 18.6 Å². The lowest BCUT2D eigenvalue weighted by Gasteiger charge is -2.30. The number of rotatable bonds is 9. The number of benzene rings is 1. The van der Waals surface area contributed by atoms with Crippen molar-refractivity contribution in [2.75, 3.05) is 19.7 Å². The molecule has 1 aliphatic carbocycles. The highest BCUT2D eigenvalue weighted by Gasteiger charge is 2.26. The summed E-state index contributed by atoms with van der Waals surface area (Å²) in [6.07, 6.45) is 4.60. The molecule has 29 heavy (non-hydrogen) atoms. The van der Waals surface area contributed by atoms with Gasteiger partial charge < -0.3 is 15.8 Å². The minimum atomic E-state index is -0.406. The molecule has 1 heterocycles. The van der Waals surface area contributed by atoms with Gasteiger partial charge in [-0.3, -0.25) is 4.79 Å². The van der Waals surface area contributed by atoms with E-state index >= 15 is 0 Å². The van der Waals surface area contributed by atoms with Crippen molar-refractivity contribution in [3.63, 3.8) is 0 Å². The molecule has 1 aliphatic rings. The van der Waals surface area contributed by atoms with Gasteiger partial charge in [0.25, 0.3) is 0 Å². The fraction of sp³-hybridized carbons (Fsp3) is 0.600. The Morgan fingerprint density at radius 3 is 2.83 bits per heavy atom. The standard InChI is InChI=1S/C20H29FN6O2/c1-2-29-18(28)13-27-20(24-25-26-27)19(16-6-8-17(21)9-7-16)23-12-15-5-3-4-14(10-15)11-22/h6-9,14-15,19,23H,2-5,10-13,22H2,1H3. The Balaban J connectivity index is 1.78. The molecule has 1 saturated carbocycles. The van der Waals surface area contributed by atoms with Crippen molar-refractivity contribution in [2.24, 2.45) is 17.6 Å². The van der Waals surface area contributed by atoms with Crippen LogP contribution in [0.15, 0.2) is 24.3 Å². The number of ether oxygens (including phenoxy) is 1. The van der Waals surface area contributed by atoms with Crippen LogP contribution in [0.25, 0.3) is 0 Å². The molecule has 0 amide bonds. The van der Waals surface area contributed by atoms with Crippen LogP contribution < -0.4 is 11.1 Å². The molecule has 3 rings (SSSR count). The Morgan fingerprint density at radius 1 is 1.34 bits per heavy atom. The highest BCUT2D eigenvalue weighted by molar-refractivity contribution is 5.69. The minimum Gasteiger partial charge on any atom is -0.465 e. The first kappa shape index (κ1) is 21.3. The maximum Gasteiger partial charge on any atom is 0.327 e. The van der Waals surface area contributed by atoms with Crippen molar-refractivity contribution in [3.8, 4) is 0 Å². The summed E-state index contributed by atoms with van der Waals surface area (Å²) < 4.78 is 19.9. The number of tetrazole rings is 1. The third-order valence-electron chi connectivity index (χ3n) is 5.44. The van der Waals surface area contributed by atoms with Crippen molar-refractivity contribution < 1.29 is 13.9 Å². The molecule has 3 unspecified atom stereocenters. The number of nitrogens with two attached hydrogens (primary N) is 1. The topological polar surface area (TPSA) is 108 Å². The average molecular weight is 404 g/mol. The van der Waals surface area contributed by atoms with E-state index in [2.05, 4.69) is 20.8 Å². The predicted octanol–water partition coefficient (Wildman–Crippen LogP) is 1.82. The zero-order valence-electron chi connectivity index (χ0n) is 16.8. The van der Waals surface area contributed by atoms with Gasteiger partial charge in [0, 0.05) is 0 Å². The summed E-state index contributed by atoms with van der Waals surface area (Å²) in [5.41, 5.74) is 6.70. The van der Waals surface area contributed by atoms with Crippen molar-refractivity contribution in [3.05, 3.63) is 41.5 Å². The van der Waals surface area contributed by atoms with Crippen LogP contribution >= 0.6 is 0 Å². The Labute approximate surface area is 170 Å². The largest absolute Gasteiger partial charge is 0.465 e. The molecule has 0 radical (unpaired) electrons. The van der Waals surface area contributed by atoms with E-state index in [0.717, 1.165) is 31.5 Å². The lowest BCUT2D eigenvalue weighted by Crippen LogP contribution is -2.34. The Morgan fingerprint density at radius 2 is 2.10 bits per heavy atom. The number of carbonyl (C=O) groups is 1. The molecular weight excluding hydrogens is 375 g/mol. The first-order chi connectivity index (χ1) is 14.1. The van der Waals surface area contributed by atoms with Crippen LogP contribution in [0, 0.1) is 17.7 Å². The highest BCUT2D eigenvalue weighted by atomic mass is 19.1. The molecule has 0 spiro atoms. The number of esters is 1. The summed E-state index contributed by atoms with van der Waals surface area (Å²) >= 11 is 0. The number of halogens is 1. The molecule has 1 fully saturated rings. The van der Waals surface area contributed by atoms with Gasteiger partial charge in [-0.25, -0.2) is 9.07 Å². The number of nitrogens with one attached hydrogen (secondary N) is 1. The quantitative estimate of drug-likeness (QED) is 0.614. The Hall–Kier alpha value is -2.39. The fourth-order valence-corrected chi connectivity index (χ4v) is 3.96. The van der Waals surface area contributed by atoms with Gasteiger partial charge in [0.05, 0.1) is 12.6 Å². The molecule has 0 saturated heterocycles. The molecule has 9 heteroatoms. The fourth-order valence-electron chi connectivity index (χ4n) is 3.96. The molecule has 3 N–H and O–H groups in total. The predicted molar refractivity (Wildman–Crippen MR) is 105 cm³/mol. The molecule has 8 nitrogen and oxygen atoms in total. The van der Waals surface area contributed by atoms with Crippen molar-refractivity contribution in [1.82, 2.24) is 25.5 Å². The Bertz CT molecular complexity index is 782. The van der Waals surface area contributed by atoms with Gasteiger partial charge in [-0.15, -0.1) is 5.10 Å². The highest BCUT2D eigenvalue weighted by Crippen LogP contribution is 2.29. The van der Waals surface area contributed by atoms with Crippen molar-refractivity contribution in [2.45, 2.75) is 45.2 Å². The average Bonchev–Trinajstić information content (AvgIpc) is 3.17. The zero-order valence-corrected chi connectivity index (χ0v) is 16.8. The second kappa shape index (κ2) is 10.4. The van der Waals surface area contributed by atoms with E-state index in [9.17, 15) is 9.18 Å².